The topological polar surface area (TPSA) is 66.8 Å². The molecule has 3 aromatic rings. The summed E-state index contributed by atoms with van der Waals surface area (Å²) >= 11 is 1.28. The molecule has 3 rings (SSSR count). The number of ether oxygens (including phenoxy) is 3. The summed E-state index contributed by atoms with van der Waals surface area (Å²) in [7, 11) is 3.14. The fourth-order valence-corrected chi connectivity index (χ4v) is 4.61. The van der Waals surface area contributed by atoms with Crippen LogP contribution < -0.4 is 9.47 Å². The molecule has 0 saturated heterocycles. The monoisotopic (exact) mass is 481 g/mol. The van der Waals surface area contributed by atoms with Crippen LogP contribution in [0.5, 0.6) is 11.5 Å². The van der Waals surface area contributed by atoms with Gasteiger partial charge in [0, 0.05) is 22.1 Å². The van der Waals surface area contributed by atoms with E-state index in [4.69, 9.17) is 14.2 Å². The van der Waals surface area contributed by atoms with Crippen LogP contribution in [0.3, 0.4) is 0 Å². The van der Waals surface area contributed by atoms with Gasteiger partial charge in [0.05, 0.1) is 32.9 Å². The Balaban J connectivity index is 2.30. The molecule has 0 aliphatic rings. The second kappa shape index (κ2) is 10.8. The van der Waals surface area contributed by atoms with Crippen molar-refractivity contribution in [2.45, 2.75) is 38.9 Å². The largest absolute Gasteiger partial charge is 0.497 e. The molecule has 6 nitrogen and oxygen atoms in total. The predicted molar refractivity (Wildman–Crippen MR) is 136 cm³/mol. The van der Waals surface area contributed by atoms with E-state index in [1.54, 1.807) is 37.8 Å². The quantitative estimate of drug-likeness (QED) is 0.371. The summed E-state index contributed by atoms with van der Waals surface area (Å²) in [6.07, 6.45) is 0.135. The van der Waals surface area contributed by atoms with Crippen LogP contribution in [-0.2, 0) is 16.0 Å². The number of aromatic nitrogens is 1. The summed E-state index contributed by atoms with van der Waals surface area (Å²) in [6, 6.07) is 16.9. The molecule has 0 radical (unpaired) electrons. The first-order valence-electron chi connectivity index (χ1n) is 11.1. The van der Waals surface area contributed by atoms with Gasteiger partial charge in [0.25, 0.3) is 0 Å². The van der Waals surface area contributed by atoms with Crippen LogP contribution in [0.4, 0.5) is 0 Å². The van der Waals surface area contributed by atoms with Gasteiger partial charge in [-0.05, 0) is 30.7 Å². The van der Waals surface area contributed by atoms with Crippen LogP contribution in [-0.4, -0.2) is 41.2 Å². The maximum Gasteiger partial charge on any atom is 0.355 e. The van der Waals surface area contributed by atoms with Crippen LogP contribution in [0.25, 0.3) is 16.8 Å². The number of esters is 1. The standard InChI is InChI=1S/C27H31NO5S/c1-7-33-26(30)25-21(18-11-9-8-10-12-18)15-19(16-24(29)34-27(2,3)4)28(25)22-14-13-20(31-5)17-23(22)32-6/h8-15,17H,7,16H2,1-6H3. The fourth-order valence-electron chi connectivity index (χ4n) is 3.70. The van der Waals surface area contributed by atoms with Gasteiger partial charge in [-0.3, -0.25) is 4.79 Å². The number of hydrogen-bond acceptors (Lipinski definition) is 6. The van der Waals surface area contributed by atoms with Crippen molar-refractivity contribution >= 4 is 22.8 Å². The minimum atomic E-state index is -0.471. The molecule has 0 bridgehead atoms. The Kier molecular flexibility index (Phi) is 8.10. The van der Waals surface area contributed by atoms with E-state index in [1.807, 2.05) is 63.2 Å². The van der Waals surface area contributed by atoms with Crippen molar-refractivity contribution < 1.29 is 23.8 Å². The van der Waals surface area contributed by atoms with E-state index >= 15 is 0 Å². The van der Waals surface area contributed by atoms with E-state index in [-0.39, 0.29) is 22.9 Å². The molecule has 0 spiro atoms. The van der Waals surface area contributed by atoms with E-state index in [0.717, 1.165) is 5.56 Å². The molecule has 0 N–H and O–H groups in total. The second-order valence-corrected chi connectivity index (χ2v) is 10.5. The zero-order valence-corrected chi connectivity index (χ0v) is 21.3. The molecule has 34 heavy (non-hydrogen) atoms. The Labute approximate surface area is 205 Å². The SMILES string of the molecule is CCOC(=O)c1c(-c2ccccc2)cc(CC(=O)SC(C)(C)C)n1-c1ccc(OC)cc1OC. The highest BCUT2D eigenvalue weighted by atomic mass is 32.2. The number of methoxy groups -OCH3 is 2. The second-order valence-electron chi connectivity index (χ2n) is 8.62. The summed E-state index contributed by atoms with van der Waals surface area (Å²) < 4.78 is 18.0. The van der Waals surface area contributed by atoms with E-state index in [2.05, 4.69) is 0 Å². The lowest BCUT2D eigenvalue weighted by molar-refractivity contribution is -0.110. The zero-order chi connectivity index (χ0) is 24.9. The molecular formula is C27H31NO5S. The third kappa shape index (κ3) is 5.83. The smallest absolute Gasteiger partial charge is 0.355 e. The molecule has 0 fully saturated rings. The lowest BCUT2D eigenvalue weighted by atomic mass is 10.1. The average molecular weight is 482 g/mol. The normalized spacial score (nSPS) is 11.2. The first kappa shape index (κ1) is 25.4. The van der Waals surface area contributed by atoms with Crippen LogP contribution in [0, 0.1) is 0 Å². The molecule has 7 heteroatoms. The molecule has 0 atom stereocenters. The summed E-state index contributed by atoms with van der Waals surface area (Å²) in [6.45, 7) is 8.00. The molecule has 0 saturated carbocycles. The van der Waals surface area contributed by atoms with E-state index in [1.165, 1.54) is 11.8 Å². The number of hydrogen-bond donors (Lipinski definition) is 0. The van der Waals surface area contributed by atoms with Crippen molar-refractivity contribution in [3.63, 3.8) is 0 Å². The minimum absolute atomic E-state index is 0.00810. The van der Waals surface area contributed by atoms with Crippen molar-refractivity contribution in [1.29, 1.82) is 0 Å². The molecule has 0 aliphatic carbocycles. The zero-order valence-electron chi connectivity index (χ0n) is 20.5. The Morgan fingerprint density at radius 2 is 1.68 bits per heavy atom. The van der Waals surface area contributed by atoms with Gasteiger partial charge in [-0.25, -0.2) is 4.79 Å². The number of nitrogens with zero attached hydrogens (tertiary/aromatic N) is 1. The fraction of sp³-hybridized carbons (Fsp3) is 0.333. The summed E-state index contributed by atoms with van der Waals surface area (Å²) in [5.41, 5.74) is 3.19. The predicted octanol–water partition coefficient (Wildman–Crippen LogP) is 5.94. The first-order chi connectivity index (χ1) is 16.2. The van der Waals surface area contributed by atoms with Gasteiger partial charge in [-0.1, -0.05) is 62.9 Å². The maximum absolute atomic E-state index is 13.3. The molecule has 180 valence electrons. The maximum atomic E-state index is 13.3. The van der Waals surface area contributed by atoms with Gasteiger partial charge in [-0.15, -0.1) is 0 Å². The summed E-state index contributed by atoms with van der Waals surface area (Å²) in [5.74, 6) is 0.660. The van der Waals surface area contributed by atoms with Crippen LogP contribution >= 0.6 is 11.8 Å². The average Bonchev–Trinajstić information content (AvgIpc) is 3.16. The Hall–Kier alpha value is -3.19. The number of rotatable bonds is 8. The van der Waals surface area contributed by atoms with Crippen molar-refractivity contribution in [1.82, 2.24) is 4.57 Å². The van der Waals surface area contributed by atoms with Gasteiger partial charge >= 0.3 is 5.97 Å². The van der Waals surface area contributed by atoms with Gasteiger partial charge in [-0.2, -0.15) is 0 Å². The molecule has 0 unspecified atom stereocenters. The van der Waals surface area contributed by atoms with E-state index in [9.17, 15) is 9.59 Å². The van der Waals surface area contributed by atoms with Crippen molar-refractivity contribution in [3.8, 4) is 28.3 Å². The number of thioether (sulfide) groups is 1. The highest BCUT2D eigenvalue weighted by Gasteiger charge is 2.28. The van der Waals surface area contributed by atoms with Crippen LogP contribution in [0.2, 0.25) is 0 Å². The molecule has 0 aliphatic heterocycles. The summed E-state index contributed by atoms with van der Waals surface area (Å²) in [5, 5.41) is 0.00810. The Morgan fingerprint density at radius 1 is 0.971 bits per heavy atom. The lowest BCUT2D eigenvalue weighted by Crippen LogP contribution is -2.17. The first-order valence-corrected chi connectivity index (χ1v) is 11.9. The van der Waals surface area contributed by atoms with Crippen molar-refractivity contribution in [2.75, 3.05) is 20.8 Å². The number of benzene rings is 2. The number of carbonyl (C=O) groups excluding carboxylic acids is 2. The summed E-state index contributed by atoms with van der Waals surface area (Å²) in [4.78, 5) is 26.3. The van der Waals surface area contributed by atoms with Gasteiger partial charge < -0.3 is 18.8 Å². The Bertz CT molecular complexity index is 1160. The van der Waals surface area contributed by atoms with Crippen LogP contribution in [0.15, 0.2) is 54.6 Å². The number of carbonyl (C=O) groups is 2. The van der Waals surface area contributed by atoms with Crippen LogP contribution in [0.1, 0.15) is 43.9 Å². The highest BCUT2D eigenvalue weighted by molar-refractivity contribution is 8.14. The van der Waals surface area contributed by atoms with E-state index in [0.29, 0.717) is 34.1 Å². The third-order valence-corrected chi connectivity index (χ3v) is 5.99. The minimum Gasteiger partial charge on any atom is -0.497 e. The molecular weight excluding hydrogens is 450 g/mol. The van der Waals surface area contributed by atoms with E-state index < -0.39 is 5.97 Å². The van der Waals surface area contributed by atoms with Gasteiger partial charge in [0.15, 0.2) is 5.12 Å². The molecule has 1 heterocycles. The van der Waals surface area contributed by atoms with Gasteiger partial charge in [0.1, 0.15) is 17.2 Å². The van der Waals surface area contributed by atoms with Crippen molar-refractivity contribution in [3.05, 3.63) is 66.0 Å². The van der Waals surface area contributed by atoms with Crippen molar-refractivity contribution in [2.24, 2.45) is 0 Å². The highest BCUT2D eigenvalue weighted by Crippen LogP contribution is 2.37. The lowest BCUT2D eigenvalue weighted by Gasteiger charge is -2.19. The third-order valence-electron chi connectivity index (χ3n) is 5.00. The Morgan fingerprint density at radius 3 is 2.26 bits per heavy atom. The molecule has 0 amide bonds. The van der Waals surface area contributed by atoms with Gasteiger partial charge in [0.2, 0.25) is 0 Å². The molecule has 2 aromatic carbocycles. The molecule has 1 aromatic heterocycles.